The van der Waals surface area contributed by atoms with E-state index in [2.05, 4.69) is 32.3 Å². The number of nitrogens with two attached hydrogens (primary N) is 2. The maximum absolute atomic E-state index is 12.9. The number of nitrogens with zero attached hydrogens (tertiary/aromatic N) is 5. The van der Waals surface area contributed by atoms with E-state index in [0.29, 0.717) is 95.4 Å². The normalized spacial score (nSPS) is 15.8. The first kappa shape index (κ1) is 51.4. The van der Waals surface area contributed by atoms with Crippen molar-refractivity contribution in [2.24, 2.45) is 23.3 Å². The Morgan fingerprint density at radius 2 is 1.15 bits per heavy atom. The number of pyridine rings is 1. The van der Waals surface area contributed by atoms with Crippen molar-refractivity contribution in [2.45, 2.75) is 77.7 Å². The molecule has 0 radical (unpaired) electrons. The van der Waals surface area contributed by atoms with Gasteiger partial charge in [0.25, 0.3) is 11.8 Å². The fourth-order valence-corrected chi connectivity index (χ4v) is 9.95. The molecule has 6 aromatic rings. The summed E-state index contributed by atoms with van der Waals surface area (Å²) in [5.74, 6) is 3.64. The molecule has 9 rings (SSSR count). The lowest BCUT2D eigenvalue weighted by Gasteiger charge is -2.38. The molecule has 2 aromatic heterocycles. The van der Waals surface area contributed by atoms with E-state index in [9.17, 15) is 19.2 Å². The summed E-state index contributed by atoms with van der Waals surface area (Å²) in [7, 11) is 0. The van der Waals surface area contributed by atoms with Gasteiger partial charge >= 0.3 is 0 Å². The van der Waals surface area contributed by atoms with E-state index in [4.69, 9.17) is 31.0 Å². The second-order valence-corrected chi connectivity index (χ2v) is 19.4. The van der Waals surface area contributed by atoms with Crippen LogP contribution >= 0.6 is 0 Å². The van der Waals surface area contributed by atoms with Crippen LogP contribution < -0.4 is 26.3 Å². The Morgan fingerprint density at radius 3 is 1.66 bits per heavy atom. The van der Waals surface area contributed by atoms with Gasteiger partial charge in [-0.15, -0.1) is 0 Å². The summed E-state index contributed by atoms with van der Waals surface area (Å²) in [5.41, 5.74) is 17.3. The molecule has 3 aliphatic rings. The van der Waals surface area contributed by atoms with E-state index in [0.717, 1.165) is 73.4 Å². The Morgan fingerprint density at radius 1 is 0.644 bits per heavy atom. The molecule has 3 aliphatic heterocycles. The number of para-hydroxylation sites is 2. The monoisotopic (exact) mass is 983 g/mol. The highest BCUT2D eigenvalue weighted by Gasteiger charge is 2.36. The molecule has 0 saturated carbocycles. The molecule has 2 saturated heterocycles. The molecule has 5 heterocycles. The molecule has 378 valence electrons. The number of ether oxygens (including phenoxy) is 2. The van der Waals surface area contributed by atoms with Gasteiger partial charge in [0, 0.05) is 66.6 Å². The molecular formula is C59H66N8O6. The molecule has 0 spiro atoms. The lowest BCUT2D eigenvalue weighted by atomic mass is 9.86. The summed E-state index contributed by atoms with van der Waals surface area (Å²) in [6.07, 6.45) is 5.68. The molecule has 1 atom stereocenters. The first-order valence-electron chi connectivity index (χ1n) is 25.4. The molecule has 14 heteroatoms. The van der Waals surface area contributed by atoms with Gasteiger partial charge in [0.2, 0.25) is 11.8 Å². The quantitative estimate of drug-likeness (QED) is 0.0841. The Hall–Kier alpha value is -8.00. The van der Waals surface area contributed by atoms with Crippen molar-refractivity contribution in [2.75, 3.05) is 38.0 Å². The predicted molar refractivity (Wildman–Crippen MR) is 285 cm³/mol. The number of benzene rings is 4. The predicted octanol–water partition coefficient (Wildman–Crippen LogP) is 11.0. The highest BCUT2D eigenvalue weighted by atomic mass is 16.5. The van der Waals surface area contributed by atoms with Gasteiger partial charge in [0.1, 0.15) is 40.1 Å². The summed E-state index contributed by atoms with van der Waals surface area (Å²) in [6.45, 7) is 17.5. The van der Waals surface area contributed by atoms with Crippen LogP contribution in [0.5, 0.6) is 23.0 Å². The number of likely N-dealkylation sites (tertiary alicyclic amines) is 2. The van der Waals surface area contributed by atoms with Crippen molar-refractivity contribution < 1.29 is 28.7 Å². The Kier molecular flexibility index (Phi) is 16.5. The number of fused-ring (bicyclic) bond motifs is 1. The van der Waals surface area contributed by atoms with Crippen LogP contribution in [0.4, 0.5) is 5.82 Å². The van der Waals surface area contributed by atoms with Gasteiger partial charge in [0.15, 0.2) is 0 Å². The van der Waals surface area contributed by atoms with Crippen LogP contribution in [0.2, 0.25) is 0 Å². The third-order valence-corrected chi connectivity index (χ3v) is 13.9. The lowest BCUT2D eigenvalue weighted by Crippen LogP contribution is -2.42. The van der Waals surface area contributed by atoms with Gasteiger partial charge in [-0.05, 0) is 142 Å². The molecule has 5 N–H and O–H groups in total. The molecule has 0 bridgehead atoms. The van der Waals surface area contributed by atoms with Gasteiger partial charge in [0.05, 0.1) is 17.3 Å². The van der Waals surface area contributed by atoms with E-state index in [-0.39, 0.29) is 23.8 Å². The van der Waals surface area contributed by atoms with Crippen molar-refractivity contribution in [3.05, 3.63) is 162 Å². The molecule has 0 aliphatic carbocycles. The molecule has 14 nitrogen and oxygen atoms in total. The number of anilines is 1. The average molecular weight is 983 g/mol. The van der Waals surface area contributed by atoms with Gasteiger partial charge < -0.3 is 36.1 Å². The Labute approximate surface area is 428 Å². The van der Waals surface area contributed by atoms with Crippen molar-refractivity contribution in [1.82, 2.24) is 24.6 Å². The number of amides is 4. The van der Waals surface area contributed by atoms with Crippen LogP contribution in [-0.4, -0.2) is 80.9 Å². The highest BCUT2D eigenvalue weighted by Crippen LogP contribution is 2.41. The van der Waals surface area contributed by atoms with Gasteiger partial charge in [-0.3, -0.25) is 24.2 Å². The lowest BCUT2D eigenvalue weighted by molar-refractivity contribution is -0.129. The van der Waals surface area contributed by atoms with E-state index in [1.54, 1.807) is 6.07 Å². The van der Waals surface area contributed by atoms with Crippen LogP contribution in [0.25, 0.3) is 22.5 Å². The topological polar surface area (TPSA) is 188 Å². The number of piperidine rings is 2. The van der Waals surface area contributed by atoms with Crippen molar-refractivity contribution >= 4 is 29.4 Å². The number of nitrogens with one attached hydrogen (secondary N) is 1. The van der Waals surface area contributed by atoms with E-state index >= 15 is 0 Å². The minimum absolute atomic E-state index is 0.0384. The number of carbonyl (C=O) groups excluding carboxylic acids is 4. The summed E-state index contributed by atoms with van der Waals surface area (Å²) >= 11 is 0. The number of rotatable bonds is 15. The molecule has 1 unspecified atom stereocenters. The zero-order valence-corrected chi connectivity index (χ0v) is 42.1. The molecule has 4 aromatic carbocycles. The highest BCUT2D eigenvalue weighted by molar-refractivity contribution is 6.04. The zero-order chi connectivity index (χ0) is 51.6. The van der Waals surface area contributed by atoms with Crippen LogP contribution in [0.1, 0.15) is 104 Å². The SMILES string of the molecule is C=C(CC(C)C)C(=O)N1CCC(C2CCNc3c(C(N)=O)c(-c4ccc(Oc5ccccc5)cc4)nn32)CC1.C=C(CC)C(=O)N1CCC(c2ccc(C(N)=O)c(-c3ccc(Oc4ccccc4)cc3)n2)CC1. The second-order valence-electron chi connectivity index (χ2n) is 19.4. The fraction of sp³-hybridized carbons (Fsp3) is 0.322. The maximum atomic E-state index is 12.9. The van der Waals surface area contributed by atoms with Crippen LogP contribution in [-0.2, 0) is 9.59 Å². The number of primary amides is 2. The van der Waals surface area contributed by atoms with Gasteiger partial charge in [-0.1, -0.05) is 70.3 Å². The van der Waals surface area contributed by atoms with Crippen molar-refractivity contribution in [1.29, 1.82) is 0 Å². The molecular weight excluding hydrogens is 917 g/mol. The Balaban J connectivity index is 0.000000197. The number of aromatic nitrogens is 3. The standard InChI is InChI=1S/C31H37N5O3.C28H29N3O3/c1-20(2)19-21(3)31(38)35-17-14-22(15-18-35)26-13-16-33-30-27(29(32)37)28(34-36(26)30)23-9-11-25(12-10-23)39-24-7-5-4-6-8-24;1-3-19(2)28(33)31-17-15-20(16-18-31)25-14-13-24(27(29)32)26(30-25)21-9-11-23(12-10-21)34-22-7-5-4-6-8-22/h4-12,20,22,26,33H,3,13-19H2,1-2H3,(H2,32,37);4-14,20H,2-3,15-18H2,1H3,(H2,29,32). The van der Waals surface area contributed by atoms with E-state index in [1.165, 1.54) is 0 Å². The zero-order valence-electron chi connectivity index (χ0n) is 42.1. The van der Waals surface area contributed by atoms with Crippen molar-refractivity contribution in [3.63, 3.8) is 0 Å². The van der Waals surface area contributed by atoms with E-state index < -0.39 is 11.8 Å². The van der Waals surface area contributed by atoms with Crippen molar-refractivity contribution in [3.8, 4) is 45.5 Å². The van der Waals surface area contributed by atoms with Crippen LogP contribution in [0.15, 0.2) is 146 Å². The largest absolute Gasteiger partial charge is 0.457 e. The number of carbonyl (C=O) groups is 4. The summed E-state index contributed by atoms with van der Waals surface area (Å²) in [4.78, 5) is 58.7. The average Bonchev–Trinajstić information content (AvgIpc) is 3.82. The third-order valence-electron chi connectivity index (χ3n) is 13.9. The first-order valence-corrected chi connectivity index (χ1v) is 25.4. The summed E-state index contributed by atoms with van der Waals surface area (Å²) in [6, 6.07) is 37.9. The molecule has 4 amide bonds. The van der Waals surface area contributed by atoms with E-state index in [1.807, 2.05) is 137 Å². The van der Waals surface area contributed by atoms with Gasteiger partial charge in [-0.25, -0.2) is 4.68 Å². The summed E-state index contributed by atoms with van der Waals surface area (Å²) in [5, 5.41) is 8.32. The first-order chi connectivity index (χ1) is 35.3. The summed E-state index contributed by atoms with van der Waals surface area (Å²) < 4.78 is 13.8. The Bertz CT molecular complexity index is 2920. The minimum atomic E-state index is -0.517. The molecule has 73 heavy (non-hydrogen) atoms. The maximum Gasteiger partial charge on any atom is 0.254 e. The smallest absolute Gasteiger partial charge is 0.254 e. The second kappa shape index (κ2) is 23.5. The molecule has 2 fully saturated rings. The van der Waals surface area contributed by atoms with Gasteiger partial charge in [-0.2, -0.15) is 5.10 Å². The van der Waals surface area contributed by atoms with Crippen LogP contribution in [0, 0.1) is 11.8 Å². The fourth-order valence-electron chi connectivity index (χ4n) is 9.95. The number of hydrogen-bond acceptors (Lipinski definition) is 9. The number of hydrogen-bond donors (Lipinski definition) is 3. The van der Waals surface area contributed by atoms with Crippen LogP contribution in [0.3, 0.4) is 0 Å². The minimum Gasteiger partial charge on any atom is -0.457 e. The third kappa shape index (κ3) is 12.4.